The third kappa shape index (κ3) is 3.43. The van der Waals surface area contributed by atoms with E-state index in [0.717, 1.165) is 18.9 Å². The highest BCUT2D eigenvalue weighted by molar-refractivity contribution is 5.85. The van der Waals surface area contributed by atoms with Gasteiger partial charge in [-0.3, -0.25) is 9.89 Å². The second-order valence-corrected chi connectivity index (χ2v) is 5.90. The van der Waals surface area contributed by atoms with Crippen LogP contribution in [0.1, 0.15) is 0 Å². The lowest BCUT2D eigenvalue weighted by Crippen LogP contribution is -2.57. The normalized spacial score (nSPS) is 13.9. The van der Waals surface area contributed by atoms with E-state index in [-0.39, 0.29) is 30.4 Å². The van der Waals surface area contributed by atoms with Crippen molar-refractivity contribution in [2.75, 3.05) is 32.1 Å². The van der Waals surface area contributed by atoms with E-state index in [2.05, 4.69) is 49.3 Å². The zero-order valence-electron chi connectivity index (χ0n) is 14.2. The van der Waals surface area contributed by atoms with Gasteiger partial charge in [0.25, 0.3) is 5.56 Å². The Morgan fingerprint density at radius 2 is 1.92 bits per heavy atom. The van der Waals surface area contributed by atoms with E-state index in [0.29, 0.717) is 17.5 Å². The van der Waals surface area contributed by atoms with Gasteiger partial charge in [-0.25, -0.2) is 14.6 Å². The maximum absolute atomic E-state index is 12.5. The van der Waals surface area contributed by atoms with Gasteiger partial charge in [0.2, 0.25) is 0 Å². The van der Waals surface area contributed by atoms with Crippen LogP contribution >= 0.6 is 24.8 Å². The first-order chi connectivity index (χ1) is 11.6. The lowest BCUT2D eigenvalue weighted by molar-refractivity contribution is 0.246. The van der Waals surface area contributed by atoms with Gasteiger partial charge >= 0.3 is 0 Å². The largest absolute Gasteiger partial charge is 0.353 e. The van der Waals surface area contributed by atoms with Crippen LogP contribution in [0.2, 0.25) is 0 Å². The molecule has 0 bridgehead atoms. The molecule has 0 aliphatic carbocycles. The van der Waals surface area contributed by atoms with Crippen LogP contribution in [0.4, 0.5) is 5.82 Å². The van der Waals surface area contributed by atoms with Crippen molar-refractivity contribution in [2.24, 2.45) is 0 Å². The van der Waals surface area contributed by atoms with Crippen molar-refractivity contribution in [3.05, 3.63) is 41.3 Å². The van der Waals surface area contributed by atoms with Crippen LogP contribution in [-0.2, 0) is 0 Å². The first-order valence-electron chi connectivity index (χ1n) is 7.54. The Balaban J connectivity index is 0.00000121. The molecule has 1 fully saturated rings. The van der Waals surface area contributed by atoms with Gasteiger partial charge in [0.1, 0.15) is 12.1 Å². The molecule has 1 aliphatic rings. The van der Waals surface area contributed by atoms with E-state index in [9.17, 15) is 4.79 Å². The first-order valence-corrected chi connectivity index (χ1v) is 7.54. The van der Waals surface area contributed by atoms with Crippen LogP contribution in [0.25, 0.3) is 11.5 Å². The molecule has 4 heterocycles. The fourth-order valence-electron chi connectivity index (χ4n) is 2.63. The Morgan fingerprint density at radius 1 is 1.19 bits per heavy atom. The predicted octanol–water partition coefficient (Wildman–Crippen LogP) is 0.130. The summed E-state index contributed by atoms with van der Waals surface area (Å²) in [6, 6.07) is 2.32. The molecule has 3 aromatic rings. The molecule has 0 amide bonds. The molecule has 12 heteroatoms. The second kappa shape index (κ2) is 7.85. The molecule has 10 nitrogen and oxygen atoms in total. The number of aromatic nitrogens is 7. The number of halogens is 2. The highest BCUT2D eigenvalue weighted by Crippen LogP contribution is 2.21. The van der Waals surface area contributed by atoms with Gasteiger partial charge in [-0.2, -0.15) is 4.68 Å². The summed E-state index contributed by atoms with van der Waals surface area (Å²) in [7, 11) is 4.13. The molecule has 1 aliphatic heterocycles. The Hall–Kier alpha value is -2.43. The van der Waals surface area contributed by atoms with Gasteiger partial charge in [-0.1, -0.05) is 5.21 Å². The molecule has 1 N–H and O–H groups in total. The number of aromatic amines is 1. The van der Waals surface area contributed by atoms with Crippen molar-refractivity contribution >= 4 is 30.6 Å². The number of nitrogens with one attached hydrogen (secondary N) is 1. The summed E-state index contributed by atoms with van der Waals surface area (Å²) in [6.45, 7) is 1.82. The molecule has 4 rings (SSSR count). The molecular weight excluding hydrogens is 381 g/mol. The minimum absolute atomic E-state index is 0. The average Bonchev–Trinajstić information content (AvgIpc) is 3.14. The quantitative estimate of drug-likeness (QED) is 0.665. The number of anilines is 1. The molecular formula is C14H19Cl2N9O. The molecule has 26 heavy (non-hydrogen) atoms. The standard InChI is InChI=1S/C14H17N9O.2ClH/c1-20(2)10-7-21(8-10)12-5-13(16-9-15-12)23-14(24)11(6-18-23)22-4-3-17-19-22;;/h3-6,9-10,18H,7-8H2,1-2H3;2*1H. The molecule has 3 aromatic heterocycles. The molecule has 0 atom stereocenters. The summed E-state index contributed by atoms with van der Waals surface area (Å²) in [4.78, 5) is 25.4. The highest BCUT2D eigenvalue weighted by atomic mass is 35.5. The summed E-state index contributed by atoms with van der Waals surface area (Å²) in [5.74, 6) is 1.30. The van der Waals surface area contributed by atoms with Gasteiger partial charge in [0, 0.05) is 25.2 Å². The number of hydrogen-bond donors (Lipinski definition) is 1. The van der Waals surface area contributed by atoms with Gasteiger partial charge in [0.05, 0.1) is 18.6 Å². The number of likely N-dealkylation sites (N-methyl/N-ethyl adjacent to an activating group) is 1. The summed E-state index contributed by atoms with van der Waals surface area (Å²) in [6.07, 6.45) is 6.17. The fourth-order valence-corrected chi connectivity index (χ4v) is 2.63. The van der Waals surface area contributed by atoms with Crippen LogP contribution in [0.3, 0.4) is 0 Å². The number of nitrogens with zero attached hydrogens (tertiary/aromatic N) is 8. The van der Waals surface area contributed by atoms with Crippen molar-refractivity contribution in [1.82, 2.24) is 39.6 Å². The van der Waals surface area contributed by atoms with E-state index in [1.54, 1.807) is 18.5 Å². The molecule has 1 saturated heterocycles. The average molecular weight is 400 g/mol. The van der Waals surface area contributed by atoms with E-state index < -0.39 is 0 Å². The monoisotopic (exact) mass is 399 g/mol. The Morgan fingerprint density at radius 3 is 2.58 bits per heavy atom. The lowest BCUT2D eigenvalue weighted by atomic mass is 10.1. The lowest BCUT2D eigenvalue weighted by Gasteiger charge is -2.43. The summed E-state index contributed by atoms with van der Waals surface area (Å²) in [5.41, 5.74) is 0.129. The van der Waals surface area contributed by atoms with Crippen molar-refractivity contribution in [1.29, 1.82) is 0 Å². The first kappa shape index (κ1) is 19.9. The molecule has 0 radical (unpaired) electrons. The molecule has 0 aromatic carbocycles. The van der Waals surface area contributed by atoms with Gasteiger partial charge in [-0.15, -0.1) is 29.9 Å². The van der Waals surface area contributed by atoms with Crippen molar-refractivity contribution in [2.45, 2.75) is 6.04 Å². The number of hydrogen-bond acceptors (Lipinski definition) is 7. The van der Waals surface area contributed by atoms with Crippen molar-refractivity contribution in [3.8, 4) is 11.5 Å². The van der Waals surface area contributed by atoms with Crippen molar-refractivity contribution in [3.63, 3.8) is 0 Å². The topological polar surface area (TPSA) is 101 Å². The minimum Gasteiger partial charge on any atom is -0.353 e. The van der Waals surface area contributed by atoms with E-state index >= 15 is 0 Å². The third-order valence-electron chi connectivity index (χ3n) is 4.21. The fraction of sp³-hybridized carbons (Fsp3) is 0.357. The molecule has 0 spiro atoms. The van der Waals surface area contributed by atoms with Crippen LogP contribution in [0.5, 0.6) is 0 Å². The number of H-pyrrole nitrogens is 1. The van der Waals surface area contributed by atoms with Crippen molar-refractivity contribution < 1.29 is 0 Å². The summed E-state index contributed by atoms with van der Waals surface area (Å²) in [5, 5.41) is 10.5. The maximum Gasteiger partial charge on any atom is 0.298 e. The Bertz CT molecular complexity index is 899. The van der Waals surface area contributed by atoms with Crippen LogP contribution < -0.4 is 10.5 Å². The van der Waals surface area contributed by atoms with Gasteiger partial charge in [0.15, 0.2) is 11.5 Å². The second-order valence-electron chi connectivity index (χ2n) is 5.90. The number of rotatable bonds is 4. The maximum atomic E-state index is 12.5. The molecule has 0 saturated carbocycles. The smallest absolute Gasteiger partial charge is 0.298 e. The highest BCUT2D eigenvalue weighted by Gasteiger charge is 2.29. The van der Waals surface area contributed by atoms with E-state index in [1.165, 1.54) is 21.9 Å². The Kier molecular flexibility index (Phi) is 6.01. The Labute approximate surface area is 161 Å². The zero-order valence-corrected chi connectivity index (χ0v) is 15.8. The molecule has 0 unspecified atom stereocenters. The van der Waals surface area contributed by atoms with Crippen LogP contribution in [-0.4, -0.2) is 72.9 Å². The third-order valence-corrected chi connectivity index (χ3v) is 4.21. The predicted molar refractivity (Wildman–Crippen MR) is 101 cm³/mol. The summed E-state index contributed by atoms with van der Waals surface area (Å²) < 4.78 is 2.78. The van der Waals surface area contributed by atoms with Crippen LogP contribution in [0, 0.1) is 0 Å². The summed E-state index contributed by atoms with van der Waals surface area (Å²) >= 11 is 0. The SMILES string of the molecule is CN(C)C1CN(c2cc(-n3[nH]cc(-n4ccnn4)c3=O)ncn2)C1.Cl.Cl. The molecule has 140 valence electrons. The van der Waals surface area contributed by atoms with Gasteiger partial charge < -0.3 is 9.80 Å². The van der Waals surface area contributed by atoms with Crippen LogP contribution in [0.15, 0.2) is 35.8 Å². The zero-order chi connectivity index (χ0) is 16.7. The van der Waals surface area contributed by atoms with E-state index in [1.807, 2.05) is 0 Å². The van der Waals surface area contributed by atoms with E-state index in [4.69, 9.17) is 0 Å². The van der Waals surface area contributed by atoms with Gasteiger partial charge in [-0.05, 0) is 14.1 Å². The minimum atomic E-state index is -0.250.